The maximum atomic E-state index is 12.6. The number of aryl methyl sites for hydroxylation is 2. The van der Waals surface area contributed by atoms with E-state index in [-0.39, 0.29) is 11.2 Å². The molecule has 2 rings (SSSR count). The van der Waals surface area contributed by atoms with Crippen LogP contribution in [-0.4, -0.2) is 85.1 Å². The number of benzene rings is 1. The number of aromatic nitrogens is 2. The van der Waals surface area contributed by atoms with Gasteiger partial charge in [-0.3, -0.25) is 4.79 Å². The number of carbonyl (C=O) groups excluding carboxylic acids is 2. The fraction of sp³-hybridized carbons (Fsp3) is 0.524. The number of carbonyl (C=O) groups is 2. The number of urea groups is 1. The molecule has 0 aliphatic carbocycles. The van der Waals surface area contributed by atoms with Gasteiger partial charge in [-0.05, 0) is 37.1 Å². The molecule has 164 valence electrons. The zero-order valence-electron chi connectivity index (χ0n) is 18.7. The van der Waals surface area contributed by atoms with E-state index in [2.05, 4.69) is 24.1 Å². The molecule has 0 fully saturated rings. The van der Waals surface area contributed by atoms with Crippen molar-refractivity contribution >= 4 is 23.4 Å². The van der Waals surface area contributed by atoms with Crippen LogP contribution in [-0.2, 0) is 6.54 Å². The van der Waals surface area contributed by atoms with Crippen molar-refractivity contribution in [2.45, 2.75) is 20.4 Å². The number of hydrogen-bond donors (Lipinski definition) is 2. The van der Waals surface area contributed by atoms with Gasteiger partial charge in [0.1, 0.15) is 5.69 Å². The highest BCUT2D eigenvalue weighted by Gasteiger charge is 2.18. The van der Waals surface area contributed by atoms with Gasteiger partial charge in [0.15, 0.2) is 11.8 Å². The number of nitrogens with two attached hydrogens (primary N) is 2. The van der Waals surface area contributed by atoms with E-state index in [0.29, 0.717) is 42.5 Å². The van der Waals surface area contributed by atoms with Crippen molar-refractivity contribution < 1.29 is 14.1 Å². The molecule has 0 saturated heterocycles. The molecule has 0 aliphatic rings. The summed E-state index contributed by atoms with van der Waals surface area (Å²) < 4.78 is 2.62. The molecule has 0 atom stereocenters. The Morgan fingerprint density at radius 3 is 2.47 bits per heavy atom. The second kappa shape index (κ2) is 9.92. The largest absolute Gasteiger partial charge is 0.345 e. The molecule has 0 saturated carbocycles. The molecule has 0 unspecified atom stereocenters. The van der Waals surface area contributed by atoms with Gasteiger partial charge in [-0.2, -0.15) is 4.99 Å². The molecule has 1 heterocycles. The van der Waals surface area contributed by atoms with Crippen LogP contribution in [0.2, 0.25) is 0 Å². The summed E-state index contributed by atoms with van der Waals surface area (Å²) in [6, 6.07) is 3.53. The van der Waals surface area contributed by atoms with E-state index < -0.39 is 6.03 Å². The van der Waals surface area contributed by atoms with E-state index >= 15 is 0 Å². The Bertz CT molecular complexity index is 995. The third kappa shape index (κ3) is 5.50. The first-order valence-corrected chi connectivity index (χ1v) is 10.1. The fourth-order valence-corrected chi connectivity index (χ4v) is 3.24. The monoisotopic (exact) mass is 416 g/mol. The molecule has 1 aromatic heterocycles. The van der Waals surface area contributed by atoms with Crippen molar-refractivity contribution in [2.24, 2.45) is 16.5 Å². The second-order valence-corrected chi connectivity index (χ2v) is 8.29. The van der Waals surface area contributed by atoms with Gasteiger partial charge in [0.25, 0.3) is 0 Å². The molecule has 1 aromatic carbocycles. The smallest absolute Gasteiger partial charge is 0.329 e. The SMILES string of the molecule is Cc1cc2nc(C=O)/c(=N\C(=O)N(C)CCN)n(CC[N+](C)(C)CCN)c2cc1C. The van der Waals surface area contributed by atoms with Gasteiger partial charge < -0.3 is 25.4 Å². The molecule has 9 nitrogen and oxygen atoms in total. The van der Waals surface area contributed by atoms with Crippen molar-refractivity contribution in [1.29, 1.82) is 0 Å². The van der Waals surface area contributed by atoms with Gasteiger partial charge in [-0.25, -0.2) is 9.78 Å². The average Bonchev–Trinajstić information content (AvgIpc) is 2.68. The van der Waals surface area contributed by atoms with Crippen molar-refractivity contribution in [2.75, 3.05) is 53.9 Å². The highest BCUT2D eigenvalue weighted by molar-refractivity contribution is 5.82. The third-order valence-electron chi connectivity index (χ3n) is 5.37. The molecule has 0 spiro atoms. The number of quaternary nitrogens is 1. The number of likely N-dealkylation sites (N-methyl/N-ethyl adjacent to an activating group) is 2. The van der Waals surface area contributed by atoms with Crippen LogP contribution in [0.3, 0.4) is 0 Å². The average molecular weight is 417 g/mol. The molecular formula is C21H34N7O2+. The van der Waals surface area contributed by atoms with Gasteiger partial charge in [-0.15, -0.1) is 0 Å². The van der Waals surface area contributed by atoms with Crippen LogP contribution in [0.4, 0.5) is 4.79 Å². The van der Waals surface area contributed by atoms with Gasteiger partial charge in [0, 0.05) is 26.7 Å². The minimum atomic E-state index is -0.460. The predicted octanol–water partition coefficient (Wildman–Crippen LogP) is 0.412. The summed E-state index contributed by atoms with van der Waals surface area (Å²) in [5.41, 5.74) is 15.4. The summed E-state index contributed by atoms with van der Waals surface area (Å²) >= 11 is 0. The first kappa shape index (κ1) is 23.7. The van der Waals surface area contributed by atoms with Crippen LogP contribution < -0.4 is 17.0 Å². The normalized spacial score (nSPS) is 12.4. The van der Waals surface area contributed by atoms with Crippen LogP contribution in [0.5, 0.6) is 0 Å². The number of aldehydes is 1. The van der Waals surface area contributed by atoms with Gasteiger partial charge >= 0.3 is 6.03 Å². The maximum Gasteiger partial charge on any atom is 0.345 e. The lowest BCUT2D eigenvalue weighted by Crippen LogP contribution is -2.46. The van der Waals surface area contributed by atoms with E-state index in [1.54, 1.807) is 7.05 Å². The summed E-state index contributed by atoms with van der Waals surface area (Å²) in [7, 11) is 5.83. The van der Waals surface area contributed by atoms with Crippen LogP contribution in [0, 0.1) is 13.8 Å². The molecule has 0 aliphatic heterocycles. The Kier molecular flexibility index (Phi) is 7.83. The molecule has 30 heavy (non-hydrogen) atoms. The maximum absolute atomic E-state index is 12.6. The van der Waals surface area contributed by atoms with Crippen LogP contribution in [0.15, 0.2) is 17.1 Å². The lowest BCUT2D eigenvalue weighted by Gasteiger charge is -2.30. The number of amides is 2. The van der Waals surface area contributed by atoms with Crippen molar-refractivity contribution in [3.05, 3.63) is 34.4 Å². The first-order chi connectivity index (χ1) is 14.1. The summed E-state index contributed by atoms with van der Waals surface area (Å²) in [5, 5.41) is 0. The number of nitrogens with zero attached hydrogens (tertiary/aromatic N) is 5. The van der Waals surface area contributed by atoms with Crippen molar-refractivity contribution in [1.82, 2.24) is 14.5 Å². The zero-order valence-corrected chi connectivity index (χ0v) is 18.7. The fourth-order valence-electron chi connectivity index (χ4n) is 3.24. The van der Waals surface area contributed by atoms with E-state index in [1.807, 2.05) is 30.5 Å². The zero-order chi connectivity index (χ0) is 22.5. The first-order valence-electron chi connectivity index (χ1n) is 10.1. The van der Waals surface area contributed by atoms with Crippen LogP contribution in [0.1, 0.15) is 21.6 Å². The molecule has 2 amide bonds. The lowest BCUT2D eigenvalue weighted by molar-refractivity contribution is -0.889. The minimum Gasteiger partial charge on any atom is -0.329 e. The Balaban J connectivity index is 2.74. The van der Waals surface area contributed by atoms with Crippen LogP contribution in [0.25, 0.3) is 11.0 Å². The van der Waals surface area contributed by atoms with E-state index in [4.69, 9.17) is 11.5 Å². The standard InChI is InChI=1S/C21H34N7O2/c1-15-12-17-19(13-16(15)2)27(9-11-28(4,5)10-7-23)20(18(14-29)24-17)25-21(30)26(3)8-6-22/h12-14H,6-11,22-23H2,1-5H3/q+1/b25-20+. The molecular weight excluding hydrogens is 382 g/mol. The van der Waals surface area contributed by atoms with Gasteiger partial charge in [0.05, 0.1) is 44.8 Å². The number of fused-ring (bicyclic) bond motifs is 1. The second-order valence-electron chi connectivity index (χ2n) is 8.29. The lowest BCUT2D eigenvalue weighted by atomic mass is 10.1. The van der Waals surface area contributed by atoms with E-state index in [9.17, 15) is 9.59 Å². The summed E-state index contributed by atoms with van der Waals surface area (Å²) in [6.07, 6.45) is 0.653. The molecule has 2 aromatic rings. The predicted molar refractivity (Wildman–Crippen MR) is 118 cm³/mol. The van der Waals surface area contributed by atoms with E-state index in [1.165, 1.54) is 4.90 Å². The molecule has 0 bridgehead atoms. The highest BCUT2D eigenvalue weighted by Crippen LogP contribution is 2.17. The Labute approximate surface area is 177 Å². The number of hydrogen-bond acceptors (Lipinski definition) is 5. The van der Waals surface area contributed by atoms with Crippen LogP contribution >= 0.6 is 0 Å². The molecule has 4 N–H and O–H groups in total. The summed E-state index contributed by atoms with van der Waals surface area (Å²) in [6.45, 7) is 7.43. The Morgan fingerprint density at radius 1 is 1.20 bits per heavy atom. The summed E-state index contributed by atoms with van der Waals surface area (Å²) in [4.78, 5) is 34.7. The minimum absolute atomic E-state index is 0.143. The van der Waals surface area contributed by atoms with Gasteiger partial charge in [0.2, 0.25) is 0 Å². The highest BCUT2D eigenvalue weighted by atomic mass is 16.2. The van der Waals surface area contributed by atoms with Crippen molar-refractivity contribution in [3.63, 3.8) is 0 Å². The Hall–Kier alpha value is -2.62. The Morgan fingerprint density at radius 2 is 1.87 bits per heavy atom. The van der Waals surface area contributed by atoms with E-state index in [0.717, 1.165) is 29.7 Å². The third-order valence-corrected chi connectivity index (χ3v) is 5.37. The molecule has 0 radical (unpaired) electrons. The molecule has 9 heteroatoms. The summed E-state index contributed by atoms with van der Waals surface area (Å²) in [5.74, 6) is 0. The van der Waals surface area contributed by atoms with Gasteiger partial charge in [-0.1, -0.05) is 0 Å². The van der Waals surface area contributed by atoms with Crippen molar-refractivity contribution in [3.8, 4) is 0 Å². The quantitative estimate of drug-likeness (QED) is 0.477. The number of rotatable bonds is 8. The topological polar surface area (TPSA) is 120 Å².